The molecule has 0 saturated heterocycles. The summed E-state index contributed by atoms with van der Waals surface area (Å²) in [6, 6.07) is 9.70. The fourth-order valence-corrected chi connectivity index (χ4v) is 3.62. The second-order valence-corrected chi connectivity index (χ2v) is 6.60. The number of para-hydroxylation sites is 1. The summed E-state index contributed by atoms with van der Waals surface area (Å²) in [6.07, 6.45) is 0. The number of benzene rings is 1. The maximum atomic E-state index is 4.00. The molecule has 9 heteroatoms. The van der Waals surface area contributed by atoms with E-state index in [1.807, 2.05) is 30.3 Å². The van der Waals surface area contributed by atoms with Gasteiger partial charge in [-0.15, -0.1) is 15.3 Å². The van der Waals surface area contributed by atoms with Crippen LogP contribution in [-0.2, 0) is 0 Å². The summed E-state index contributed by atoms with van der Waals surface area (Å²) in [5.41, 5.74) is 0.911. The molecule has 0 aliphatic heterocycles. The quantitative estimate of drug-likeness (QED) is 0.729. The van der Waals surface area contributed by atoms with Gasteiger partial charge in [0.05, 0.1) is 5.69 Å². The highest BCUT2D eigenvalue weighted by Crippen LogP contribution is 2.30. The third-order valence-corrected chi connectivity index (χ3v) is 4.35. The molecule has 0 bridgehead atoms. The van der Waals surface area contributed by atoms with Crippen LogP contribution in [-0.4, -0.2) is 30.4 Å². The average molecular weight is 341 g/mol. The molecule has 1 aromatic carbocycles. The Morgan fingerprint density at radius 3 is 2.67 bits per heavy atom. The summed E-state index contributed by atoms with van der Waals surface area (Å²) >= 11 is 6.09. The summed E-state index contributed by atoms with van der Waals surface area (Å²) < 4.78 is 3.19. The Hall–Kier alpha value is -1.32. The van der Waals surface area contributed by atoms with Crippen molar-refractivity contribution in [2.45, 2.75) is 9.50 Å². The first-order valence-electron chi connectivity index (χ1n) is 4.83. The highest BCUT2D eigenvalue weighted by Gasteiger charge is 2.12. The van der Waals surface area contributed by atoms with Crippen molar-refractivity contribution in [3.8, 4) is 5.69 Å². The molecule has 2 heterocycles. The molecule has 0 fully saturated rings. The van der Waals surface area contributed by atoms with Gasteiger partial charge in [0.1, 0.15) is 0 Å². The first-order chi connectivity index (χ1) is 8.83. The Kier molecular flexibility index (Phi) is 3.35. The molecule has 6 nitrogen and oxygen atoms in total. The lowest BCUT2D eigenvalue weighted by molar-refractivity contribution is 0.756. The first kappa shape index (κ1) is 11.8. The predicted molar refractivity (Wildman–Crippen MR) is 70.9 cm³/mol. The minimum atomic E-state index is 0.657. The highest BCUT2D eigenvalue weighted by molar-refractivity contribution is 9.11. The van der Waals surface area contributed by atoms with Crippen LogP contribution in [0.1, 0.15) is 0 Å². The summed E-state index contributed by atoms with van der Waals surface area (Å²) in [7, 11) is 0. The molecule has 0 N–H and O–H groups in total. The van der Waals surface area contributed by atoms with Gasteiger partial charge >= 0.3 is 0 Å². The number of hydrogen-bond donors (Lipinski definition) is 0. The van der Waals surface area contributed by atoms with Crippen LogP contribution in [0, 0.1) is 0 Å². The minimum absolute atomic E-state index is 0.657. The van der Waals surface area contributed by atoms with E-state index in [1.54, 1.807) is 4.68 Å². The first-order valence-corrected chi connectivity index (χ1v) is 7.26. The topological polar surface area (TPSA) is 69.4 Å². The Bertz CT molecular complexity index is 652. The van der Waals surface area contributed by atoms with Gasteiger partial charge in [-0.1, -0.05) is 29.5 Å². The van der Waals surface area contributed by atoms with Crippen LogP contribution in [0.3, 0.4) is 0 Å². The molecule has 0 aliphatic rings. The van der Waals surface area contributed by atoms with Crippen molar-refractivity contribution >= 4 is 39.0 Å². The summed E-state index contributed by atoms with van der Waals surface area (Å²) in [6.45, 7) is 0. The third kappa shape index (κ3) is 2.42. The smallest absolute Gasteiger partial charge is 0.187 e. The van der Waals surface area contributed by atoms with Crippen LogP contribution in [0.4, 0.5) is 0 Å². The molecule has 0 atom stereocenters. The normalized spacial score (nSPS) is 10.7. The van der Waals surface area contributed by atoms with E-state index in [1.165, 1.54) is 23.1 Å². The SMILES string of the molecule is Brc1nnc(Sc2nnnn2-c2ccccc2)s1. The fraction of sp³-hybridized carbons (Fsp3) is 0. The van der Waals surface area contributed by atoms with Gasteiger partial charge in [-0.3, -0.25) is 0 Å². The van der Waals surface area contributed by atoms with Crippen molar-refractivity contribution in [2.24, 2.45) is 0 Å². The second kappa shape index (κ2) is 5.12. The summed E-state index contributed by atoms with van der Waals surface area (Å²) in [4.78, 5) is 0. The van der Waals surface area contributed by atoms with Crippen molar-refractivity contribution in [3.05, 3.63) is 34.2 Å². The predicted octanol–water partition coefficient (Wildman–Crippen LogP) is 2.43. The third-order valence-electron chi connectivity index (χ3n) is 2.00. The fourth-order valence-electron chi connectivity index (χ4n) is 1.29. The molecule has 0 amide bonds. The van der Waals surface area contributed by atoms with Crippen molar-refractivity contribution in [2.75, 3.05) is 0 Å². The molecule has 90 valence electrons. The van der Waals surface area contributed by atoms with Crippen molar-refractivity contribution in [1.82, 2.24) is 30.4 Å². The van der Waals surface area contributed by atoms with Crippen LogP contribution in [0.25, 0.3) is 5.69 Å². The van der Waals surface area contributed by atoms with Crippen LogP contribution < -0.4 is 0 Å². The summed E-state index contributed by atoms with van der Waals surface area (Å²) in [5, 5.41) is 20.2. The zero-order valence-corrected chi connectivity index (χ0v) is 12.0. The number of nitrogens with zero attached hydrogens (tertiary/aromatic N) is 6. The van der Waals surface area contributed by atoms with Crippen molar-refractivity contribution in [1.29, 1.82) is 0 Å². The molecule has 0 spiro atoms. The van der Waals surface area contributed by atoms with Crippen LogP contribution in [0.15, 0.2) is 43.7 Å². The van der Waals surface area contributed by atoms with Crippen LogP contribution >= 0.6 is 39.0 Å². The number of tetrazole rings is 1. The Balaban J connectivity index is 1.93. The number of halogens is 1. The van der Waals surface area contributed by atoms with Crippen molar-refractivity contribution < 1.29 is 0 Å². The molecule has 2 aromatic heterocycles. The van der Waals surface area contributed by atoms with Gasteiger partial charge < -0.3 is 0 Å². The second-order valence-electron chi connectivity index (χ2n) is 3.13. The van der Waals surface area contributed by atoms with Gasteiger partial charge in [-0.05, 0) is 50.3 Å². The Morgan fingerprint density at radius 2 is 1.94 bits per heavy atom. The Morgan fingerprint density at radius 1 is 1.11 bits per heavy atom. The van der Waals surface area contributed by atoms with Gasteiger partial charge in [0, 0.05) is 0 Å². The Labute approximate surface area is 119 Å². The van der Waals surface area contributed by atoms with E-state index in [2.05, 4.69) is 41.7 Å². The van der Waals surface area contributed by atoms with Gasteiger partial charge in [-0.25, -0.2) is 0 Å². The van der Waals surface area contributed by atoms with Crippen LogP contribution in [0.2, 0.25) is 0 Å². The standard InChI is InChI=1S/C9H5BrN6S2/c10-7-11-13-9(17-7)18-8-12-14-15-16(8)6-4-2-1-3-5-6/h1-5H. The molecule has 0 radical (unpaired) electrons. The molecule has 3 aromatic rings. The lowest BCUT2D eigenvalue weighted by atomic mass is 10.3. The lowest BCUT2D eigenvalue weighted by Gasteiger charge is -2.01. The van der Waals surface area contributed by atoms with Crippen molar-refractivity contribution in [3.63, 3.8) is 0 Å². The number of rotatable bonds is 3. The minimum Gasteiger partial charge on any atom is -0.187 e. The molecule has 0 saturated carbocycles. The van der Waals surface area contributed by atoms with Gasteiger partial charge in [0.15, 0.2) is 8.26 Å². The highest BCUT2D eigenvalue weighted by atomic mass is 79.9. The van der Waals surface area contributed by atoms with Crippen LogP contribution in [0.5, 0.6) is 0 Å². The van der Waals surface area contributed by atoms with E-state index in [-0.39, 0.29) is 0 Å². The molecule has 0 aliphatic carbocycles. The maximum Gasteiger partial charge on any atom is 0.221 e. The van der Waals surface area contributed by atoms with E-state index < -0.39 is 0 Å². The van der Waals surface area contributed by atoms with E-state index in [0.717, 1.165) is 13.9 Å². The van der Waals surface area contributed by atoms with Gasteiger partial charge in [-0.2, -0.15) is 4.68 Å². The maximum absolute atomic E-state index is 4.00. The largest absolute Gasteiger partial charge is 0.221 e. The molecule has 18 heavy (non-hydrogen) atoms. The molecular weight excluding hydrogens is 336 g/mol. The lowest BCUT2D eigenvalue weighted by Crippen LogP contribution is -1.98. The van der Waals surface area contributed by atoms with E-state index in [4.69, 9.17) is 0 Å². The van der Waals surface area contributed by atoms with Gasteiger partial charge in [0.2, 0.25) is 5.16 Å². The molecular formula is C9H5BrN6S2. The van der Waals surface area contributed by atoms with E-state index >= 15 is 0 Å². The molecule has 0 unspecified atom stereocenters. The van der Waals surface area contributed by atoms with E-state index in [9.17, 15) is 0 Å². The summed E-state index contributed by atoms with van der Waals surface area (Å²) in [5.74, 6) is 0. The number of aromatic nitrogens is 6. The van der Waals surface area contributed by atoms with E-state index in [0.29, 0.717) is 5.16 Å². The monoisotopic (exact) mass is 340 g/mol. The number of hydrogen-bond acceptors (Lipinski definition) is 7. The zero-order valence-electron chi connectivity index (χ0n) is 8.76. The zero-order chi connectivity index (χ0) is 12.4. The van der Waals surface area contributed by atoms with Gasteiger partial charge in [0.25, 0.3) is 0 Å². The molecule has 3 rings (SSSR count). The average Bonchev–Trinajstić information content (AvgIpc) is 3.00.